The number of aromatic nitrogens is 2. The molecule has 1 heterocycles. The van der Waals surface area contributed by atoms with Crippen molar-refractivity contribution in [2.24, 2.45) is 11.3 Å². The van der Waals surface area contributed by atoms with Gasteiger partial charge in [-0.1, -0.05) is 32.9 Å². The van der Waals surface area contributed by atoms with E-state index in [-0.39, 0.29) is 11.5 Å². The molecule has 0 bridgehead atoms. The number of nitriles is 1. The molecule has 0 unspecified atom stereocenters. The maximum Gasteiger partial charge on any atom is 0.416 e. The van der Waals surface area contributed by atoms with Crippen molar-refractivity contribution >= 4 is 11.8 Å². The number of hydrogen-bond acceptors (Lipinski definition) is 5. The molecule has 5 nitrogen and oxygen atoms in total. The molecule has 1 saturated carbocycles. The Morgan fingerprint density at radius 2 is 1.90 bits per heavy atom. The third kappa shape index (κ3) is 5.87. The second-order valence-electron chi connectivity index (χ2n) is 8.95. The number of alkyl halides is 3. The van der Waals surface area contributed by atoms with Gasteiger partial charge in [0, 0.05) is 12.6 Å². The van der Waals surface area contributed by atoms with E-state index >= 15 is 0 Å². The van der Waals surface area contributed by atoms with Crippen molar-refractivity contribution in [3.63, 3.8) is 0 Å². The second-order valence-corrected chi connectivity index (χ2v) is 8.95. The fourth-order valence-corrected chi connectivity index (χ4v) is 3.93. The van der Waals surface area contributed by atoms with Gasteiger partial charge >= 0.3 is 6.18 Å². The normalized spacial score (nSPS) is 20.7. The zero-order valence-corrected chi connectivity index (χ0v) is 18.1. The fourth-order valence-electron chi connectivity index (χ4n) is 3.93. The van der Waals surface area contributed by atoms with Crippen molar-refractivity contribution in [2.75, 3.05) is 17.2 Å². The number of nitrogens with one attached hydrogen (secondary N) is 2. The number of benzene rings is 1. The minimum Gasteiger partial charge on any atom is -0.366 e. The molecule has 3 rings (SSSR count). The first kappa shape index (κ1) is 22.9. The number of nitrogens with zero attached hydrogens (tertiary/aromatic N) is 3. The third-order valence-corrected chi connectivity index (χ3v) is 6.28. The standard InChI is InChI=1S/C23H28F3N5/c1-15-4-9-19(12-22(15,2)3)30-20-17(13-27)14-29-21(31-20)28-11-10-16-5-7-18(8-6-16)23(24,25)26/h5-8,14-15,19H,4,9-12H2,1-3H3,(H2,28,29,30,31)/t15-,19+/m0/s1. The highest BCUT2D eigenvalue weighted by Crippen LogP contribution is 2.41. The van der Waals surface area contributed by atoms with E-state index in [4.69, 9.17) is 0 Å². The van der Waals surface area contributed by atoms with E-state index in [0.29, 0.717) is 36.2 Å². The van der Waals surface area contributed by atoms with Gasteiger partial charge in [-0.15, -0.1) is 0 Å². The Morgan fingerprint density at radius 1 is 1.19 bits per heavy atom. The van der Waals surface area contributed by atoms with Crippen LogP contribution in [0.15, 0.2) is 30.5 Å². The van der Waals surface area contributed by atoms with Crippen molar-refractivity contribution in [1.82, 2.24) is 9.97 Å². The zero-order valence-electron chi connectivity index (χ0n) is 18.1. The van der Waals surface area contributed by atoms with E-state index in [0.717, 1.165) is 37.0 Å². The number of hydrogen-bond donors (Lipinski definition) is 2. The molecule has 0 amide bonds. The molecule has 8 heteroatoms. The molecule has 2 atom stereocenters. The van der Waals surface area contributed by atoms with Gasteiger partial charge in [-0.05, 0) is 54.7 Å². The fraction of sp³-hybridized carbons (Fsp3) is 0.522. The van der Waals surface area contributed by atoms with Gasteiger partial charge in [-0.25, -0.2) is 4.98 Å². The smallest absolute Gasteiger partial charge is 0.366 e. The molecule has 1 aliphatic rings. The van der Waals surface area contributed by atoms with Crippen LogP contribution in [0, 0.1) is 22.7 Å². The predicted octanol–water partition coefficient (Wildman–Crippen LogP) is 5.65. The van der Waals surface area contributed by atoms with Crippen LogP contribution >= 0.6 is 0 Å². The molecule has 31 heavy (non-hydrogen) atoms. The predicted molar refractivity (Wildman–Crippen MR) is 115 cm³/mol. The van der Waals surface area contributed by atoms with E-state index in [1.54, 1.807) is 0 Å². The van der Waals surface area contributed by atoms with E-state index < -0.39 is 11.7 Å². The van der Waals surface area contributed by atoms with Crippen LogP contribution < -0.4 is 10.6 Å². The summed E-state index contributed by atoms with van der Waals surface area (Å²) in [5, 5.41) is 15.9. The summed E-state index contributed by atoms with van der Waals surface area (Å²) < 4.78 is 38.0. The largest absolute Gasteiger partial charge is 0.416 e. The number of anilines is 2. The summed E-state index contributed by atoms with van der Waals surface area (Å²) >= 11 is 0. The highest BCUT2D eigenvalue weighted by Gasteiger charge is 2.34. The van der Waals surface area contributed by atoms with E-state index in [2.05, 4.69) is 47.4 Å². The first-order chi connectivity index (χ1) is 14.6. The van der Waals surface area contributed by atoms with Crippen molar-refractivity contribution in [3.8, 4) is 6.07 Å². The summed E-state index contributed by atoms with van der Waals surface area (Å²) in [7, 11) is 0. The summed E-state index contributed by atoms with van der Waals surface area (Å²) in [6, 6.07) is 7.50. The maximum absolute atomic E-state index is 12.7. The van der Waals surface area contributed by atoms with Crippen LogP contribution in [-0.4, -0.2) is 22.6 Å². The van der Waals surface area contributed by atoms with Crippen LogP contribution in [0.3, 0.4) is 0 Å². The minimum atomic E-state index is -4.33. The lowest BCUT2D eigenvalue weighted by atomic mass is 9.68. The molecular formula is C23H28F3N5. The molecule has 0 radical (unpaired) electrons. The summed E-state index contributed by atoms with van der Waals surface area (Å²) in [5.74, 6) is 1.55. The Bertz CT molecular complexity index is 932. The first-order valence-electron chi connectivity index (χ1n) is 10.5. The number of halogens is 3. The lowest BCUT2D eigenvalue weighted by Crippen LogP contribution is -2.37. The highest BCUT2D eigenvalue weighted by molar-refractivity contribution is 5.54. The third-order valence-electron chi connectivity index (χ3n) is 6.28. The number of rotatable bonds is 6. The van der Waals surface area contributed by atoms with Crippen molar-refractivity contribution in [2.45, 2.75) is 58.7 Å². The topological polar surface area (TPSA) is 73.6 Å². The van der Waals surface area contributed by atoms with Gasteiger partial charge in [-0.2, -0.15) is 23.4 Å². The van der Waals surface area contributed by atoms with Gasteiger partial charge in [-0.3, -0.25) is 0 Å². The zero-order chi connectivity index (χ0) is 22.6. The van der Waals surface area contributed by atoms with Gasteiger partial charge in [0.2, 0.25) is 5.95 Å². The van der Waals surface area contributed by atoms with Crippen LogP contribution in [0.2, 0.25) is 0 Å². The molecule has 1 aromatic carbocycles. The molecule has 1 fully saturated rings. The van der Waals surface area contributed by atoms with Crippen LogP contribution in [-0.2, 0) is 12.6 Å². The molecule has 2 N–H and O–H groups in total. The van der Waals surface area contributed by atoms with E-state index in [1.807, 2.05) is 0 Å². The minimum absolute atomic E-state index is 0.221. The van der Waals surface area contributed by atoms with Gasteiger partial charge in [0.25, 0.3) is 0 Å². The molecule has 2 aromatic rings. The quantitative estimate of drug-likeness (QED) is 0.618. The van der Waals surface area contributed by atoms with Gasteiger partial charge in [0.1, 0.15) is 17.5 Å². The Morgan fingerprint density at radius 3 is 2.52 bits per heavy atom. The average Bonchev–Trinajstić information content (AvgIpc) is 2.70. The summed E-state index contributed by atoms with van der Waals surface area (Å²) in [4.78, 5) is 8.67. The molecule has 0 saturated heterocycles. The summed E-state index contributed by atoms with van der Waals surface area (Å²) in [5.41, 5.74) is 0.741. The molecule has 0 aliphatic heterocycles. The van der Waals surface area contributed by atoms with E-state index in [9.17, 15) is 18.4 Å². The summed E-state index contributed by atoms with van der Waals surface area (Å²) in [6.45, 7) is 7.28. The molecule has 1 aromatic heterocycles. The SMILES string of the molecule is C[C@H]1CC[C@@H](Nc2nc(NCCc3ccc(C(F)(F)F)cc3)ncc2C#N)CC1(C)C. The van der Waals surface area contributed by atoms with Gasteiger partial charge in [0.15, 0.2) is 0 Å². The maximum atomic E-state index is 12.7. The Labute approximate surface area is 181 Å². The van der Waals surface area contributed by atoms with Crippen LogP contribution in [0.25, 0.3) is 0 Å². The lowest BCUT2D eigenvalue weighted by Gasteiger charge is -2.41. The van der Waals surface area contributed by atoms with Crippen LogP contribution in [0.1, 0.15) is 56.7 Å². The van der Waals surface area contributed by atoms with Gasteiger partial charge in [0.05, 0.1) is 11.8 Å². The average molecular weight is 432 g/mol. The Balaban J connectivity index is 1.61. The Hall–Kier alpha value is -2.82. The van der Waals surface area contributed by atoms with Gasteiger partial charge < -0.3 is 10.6 Å². The molecule has 1 aliphatic carbocycles. The van der Waals surface area contributed by atoms with Crippen molar-refractivity contribution in [1.29, 1.82) is 5.26 Å². The van der Waals surface area contributed by atoms with E-state index in [1.165, 1.54) is 18.3 Å². The van der Waals surface area contributed by atoms with Crippen molar-refractivity contribution in [3.05, 3.63) is 47.2 Å². The monoisotopic (exact) mass is 431 g/mol. The summed E-state index contributed by atoms with van der Waals surface area (Å²) in [6.07, 6.45) is 0.833. The molecule has 0 spiro atoms. The first-order valence-corrected chi connectivity index (χ1v) is 10.5. The highest BCUT2D eigenvalue weighted by atomic mass is 19.4. The van der Waals surface area contributed by atoms with Crippen LogP contribution in [0.4, 0.5) is 24.9 Å². The second kappa shape index (κ2) is 9.13. The molecular weight excluding hydrogens is 403 g/mol. The lowest BCUT2D eigenvalue weighted by molar-refractivity contribution is -0.137. The van der Waals surface area contributed by atoms with Crippen molar-refractivity contribution < 1.29 is 13.2 Å². The Kier molecular flexibility index (Phi) is 6.73. The van der Waals surface area contributed by atoms with Crippen LogP contribution in [0.5, 0.6) is 0 Å². The molecule has 166 valence electrons.